The molecule has 0 radical (unpaired) electrons. The summed E-state index contributed by atoms with van der Waals surface area (Å²) in [6, 6.07) is 0.198. The molecule has 0 amide bonds. The number of allylic oxidation sites excluding steroid dienone is 2. The molecule has 0 aromatic rings. The highest BCUT2D eigenvalue weighted by molar-refractivity contribution is 6.35. The summed E-state index contributed by atoms with van der Waals surface area (Å²) in [5.74, 6) is -0.752. The summed E-state index contributed by atoms with van der Waals surface area (Å²) in [5, 5.41) is 30.8. The SMILES string of the molecule is CC(C)NCC(O)C1(Cl)C=CC(O)=C(O)C1Cl. The van der Waals surface area contributed by atoms with Crippen LogP contribution in [-0.4, -0.2) is 44.3 Å². The Morgan fingerprint density at radius 1 is 1.47 bits per heavy atom. The van der Waals surface area contributed by atoms with E-state index in [-0.39, 0.29) is 18.3 Å². The maximum atomic E-state index is 10.0. The van der Waals surface area contributed by atoms with Crippen LogP contribution in [-0.2, 0) is 0 Å². The molecule has 3 atom stereocenters. The number of alkyl halides is 2. The lowest BCUT2D eigenvalue weighted by Crippen LogP contribution is -2.51. The number of hydrogen-bond donors (Lipinski definition) is 4. The van der Waals surface area contributed by atoms with Gasteiger partial charge in [0.2, 0.25) is 0 Å². The molecule has 98 valence electrons. The second kappa shape index (κ2) is 5.48. The average molecular weight is 282 g/mol. The summed E-state index contributed by atoms with van der Waals surface area (Å²) in [7, 11) is 0. The van der Waals surface area contributed by atoms with E-state index in [0.29, 0.717) is 0 Å². The predicted octanol–water partition coefficient (Wildman–Crippen LogP) is 1.83. The first-order chi connectivity index (χ1) is 7.79. The van der Waals surface area contributed by atoms with Gasteiger partial charge in [0.05, 0.1) is 6.10 Å². The molecule has 1 aliphatic rings. The van der Waals surface area contributed by atoms with Crippen LogP contribution in [0, 0.1) is 0 Å². The van der Waals surface area contributed by atoms with Crippen LogP contribution in [0.25, 0.3) is 0 Å². The molecule has 0 aromatic carbocycles. The largest absolute Gasteiger partial charge is 0.507 e. The van der Waals surface area contributed by atoms with Crippen molar-refractivity contribution in [1.82, 2.24) is 5.32 Å². The number of rotatable bonds is 4. The smallest absolute Gasteiger partial charge is 0.154 e. The Morgan fingerprint density at radius 3 is 2.59 bits per heavy atom. The molecule has 1 aliphatic carbocycles. The van der Waals surface area contributed by atoms with E-state index in [9.17, 15) is 15.3 Å². The second-order valence-electron chi connectivity index (χ2n) is 4.37. The van der Waals surface area contributed by atoms with Crippen LogP contribution in [0.1, 0.15) is 13.8 Å². The fourth-order valence-corrected chi connectivity index (χ4v) is 2.07. The van der Waals surface area contributed by atoms with Gasteiger partial charge in [-0.05, 0) is 6.08 Å². The number of aliphatic hydroxyl groups excluding tert-OH is 3. The molecule has 3 unspecified atom stereocenters. The van der Waals surface area contributed by atoms with E-state index in [2.05, 4.69) is 5.32 Å². The maximum Gasteiger partial charge on any atom is 0.154 e. The van der Waals surface area contributed by atoms with Crippen LogP contribution < -0.4 is 5.32 Å². The van der Waals surface area contributed by atoms with Gasteiger partial charge in [-0.15, -0.1) is 23.2 Å². The van der Waals surface area contributed by atoms with Gasteiger partial charge in [0.15, 0.2) is 11.5 Å². The number of halogens is 2. The first-order valence-corrected chi connectivity index (χ1v) is 6.16. The molecule has 0 fully saturated rings. The highest BCUT2D eigenvalue weighted by atomic mass is 35.5. The van der Waals surface area contributed by atoms with Gasteiger partial charge >= 0.3 is 0 Å². The molecule has 0 spiro atoms. The zero-order valence-electron chi connectivity index (χ0n) is 9.69. The summed E-state index contributed by atoms with van der Waals surface area (Å²) in [4.78, 5) is -1.33. The van der Waals surface area contributed by atoms with Crippen molar-refractivity contribution in [3.63, 3.8) is 0 Å². The maximum absolute atomic E-state index is 10.0. The quantitative estimate of drug-likeness (QED) is 0.594. The summed E-state index contributed by atoms with van der Waals surface area (Å²) in [6.45, 7) is 4.11. The number of hydrogen-bond acceptors (Lipinski definition) is 4. The molecular formula is C11H17Cl2NO3. The van der Waals surface area contributed by atoms with Crippen molar-refractivity contribution in [2.45, 2.75) is 36.2 Å². The monoisotopic (exact) mass is 281 g/mol. The standard InChI is InChI=1S/C11H17Cl2NO3/c1-6(2)14-5-8(16)11(13)4-3-7(15)9(17)10(11)12/h3-4,6,8,10,14-17H,5H2,1-2H3. The summed E-state index contributed by atoms with van der Waals surface area (Å²) < 4.78 is 0. The van der Waals surface area contributed by atoms with Gasteiger partial charge in [-0.3, -0.25) is 0 Å². The average Bonchev–Trinajstić information content (AvgIpc) is 2.28. The van der Waals surface area contributed by atoms with Crippen LogP contribution in [0.2, 0.25) is 0 Å². The van der Waals surface area contributed by atoms with Crippen LogP contribution in [0.4, 0.5) is 0 Å². The van der Waals surface area contributed by atoms with E-state index in [0.717, 1.165) is 0 Å². The molecule has 6 heteroatoms. The molecular weight excluding hydrogens is 265 g/mol. The lowest BCUT2D eigenvalue weighted by atomic mass is 9.91. The third-order valence-corrected chi connectivity index (χ3v) is 3.89. The van der Waals surface area contributed by atoms with Gasteiger partial charge in [-0.25, -0.2) is 0 Å². The Hall–Kier alpha value is -0.420. The Bertz CT molecular complexity index is 344. The molecule has 0 aliphatic heterocycles. The zero-order chi connectivity index (χ0) is 13.2. The summed E-state index contributed by atoms with van der Waals surface area (Å²) in [5.41, 5.74) is 0. The van der Waals surface area contributed by atoms with Crippen molar-refractivity contribution in [1.29, 1.82) is 0 Å². The van der Waals surface area contributed by atoms with Crippen LogP contribution >= 0.6 is 23.2 Å². The molecule has 1 rings (SSSR count). The van der Waals surface area contributed by atoms with Gasteiger partial charge in [-0.1, -0.05) is 19.9 Å². The van der Waals surface area contributed by atoms with Gasteiger partial charge in [0.25, 0.3) is 0 Å². The Balaban J connectivity index is 2.79. The fourth-order valence-electron chi connectivity index (χ4n) is 1.50. The Kier molecular flexibility index (Phi) is 4.72. The van der Waals surface area contributed by atoms with Gasteiger partial charge in [-0.2, -0.15) is 0 Å². The Labute approximate surface area is 111 Å². The van der Waals surface area contributed by atoms with E-state index in [4.69, 9.17) is 23.2 Å². The molecule has 17 heavy (non-hydrogen) atoms. The summed E-state index contributed by atoms with van der Waals surface area (Å²) in [6.07, 6.45) is 1.65. The van der Waals surface area contributed by atoms with E-state index in [1.807, 2.05) is 13.8 Å². The minimum atomic E-state index is -1.33. The topological polar surface area (TPSA) is 72.7 Å². The zero-order valence-corrected chi connectivity index (χ0v) is 11.2. The van der Waals surface area contributed by atoms with Gasteiger partial charge in [0, 0.05) is 12.6 Å². The first kappa shape index (κ1) is 14.6. The van der Waals surface area contributed by atoms with Crippen molar-refractivity contribution in [3.8, 4) is 0 Å². The van der Waals surface area contributed by atoms with Crippen molar-refractivity contribution in [2.24, 2.45) is 0 Å². The molecule has 0 heterocycles. The highest BCUT2D eigenvalue weighted by Gasteiger charge is 2.45. The normalized spacial score (nSPS) is 31.1. The van der Waals surface area contributed by atoms with E-state index < -0.39 is 22.1 Å². The van der Waals surface area contributed by atoms with Crippen molar-refractivity contribution < 1.29 is 15.3 Å². The molecule has 0 bridgehead atoms. The predicted molar refractivity (Wildman–Crippen MR) is 68.8 cm³/mol. The minimum Gasteiger partial charge on any atom is -0.507 e. The van der Waals surface area contributed by atoms with Crippen LogP contribution in [0.3, 0.4) is 0 Å². The fraction of sp³-hybridized carbons (Fsp3) is 0.636. The number of aliphatic hydroxyl groups is 3. The van der Waals surface area contributed by atoms with Crippen molar-refractivity contribution in [3.05, 3.63) is 23.7 Å². The van der Waals surface area contributed by atoms with E-state index >= 15 is 0 Å². The van der Waals surface area contributed by atoms with Crippen LogP contribution in [0.15, 0.2) is 23.7 Å². The van der Waals surface area contributed by atoms with E-state index in [1.165, 1.54) is 12.2 Å². The number of nitrogens with one attached hydrogen (secondary N) is 1. The molecule has 0 saturated carbocycles. The lowest BCUT2D eigenvalue weighted by Gasteiger charge is -2.35. The van der Waals surface area contributed by atoms with Crippen LogP contribution in [0.5, 0.6) is 0 Å². The first-order valence-electron chi connectivity index (χ1n) is 5.34. The third kappa shape index (κ3) is 3.07. The molecule has 0 saturated heterocycles. The van der Waals surface area contributed by atoms with Gasteiger partial charge in [0.1, 0.15) is 10.3 Å². The highest BCUT2D eigenvalue weighted by Crippen LogP contribution is 2.37. The van der Waals surface area contributed by atoms with E-state index in [1.54, 1.807) is 0 Å². The second-order valence-corrected chi connectivity index (χ2v) is 5.46. The summed E-state index contributed by atoms with van der Waals surface area (Å²) >= 11 is 12.1. The third-order valence-electron chi connectivity index (χ3n) is 2.62. The molecule has 0 aromatic heterocycles. The lowest BCUT2D eigenvalue weighted by molar-refractivity contribution is 0.130. The molecule has 4 N–H and O–H groups in total. The Morgan fingerprint density at radius 2 is 2.06 bits per heavy atom. The van der Waals surface area contributed by atoms with Crippen molar-refractivity contribution >= 4 is 23.2 Å². The minimum absolute atomic E-state index is 0.198. The van der Waals surface area contributed by atoms with Crippen molar-refractivity contribution in [2.75, 3.05) is 6.54 Å². The van der Waals surface area contributed by atoms with Gasteiger partial charge < -0.3 is 20.6 Å². The molecule has 4 nitrogen and oxygen atoms in total.